The lowest BCUT2D eigenvalue weighted by Gasteiger charge is -2.23. The topological polar surface area (TPSA) is 55.3 Å². The number of thioether (sulfide) groups is 1. The van der Waals surface area contributed by atoms with Gasteiger partial charge in [0.05, 0.1) is 0 Å². The van der Waals surface area contributed by atoms with E-state index in [1.54, 1.807) is 11.8 Å². The monoisotopic (exact) mass is 473 g/mol. The fourth-order valence-corrected chi connectivity index (χ4v) is 5.62. The van der Waals surface area contributed by atoms with Crippen LogP contribution in [0.2, 0.25) is 0 Å². The molecule has 7 heteroatoms. The van der Waals surface area contributed by atoms with Crippen molar-refractivity contribution in [3.05, 3.63) is 101 Å². The minimum absolute atomic E-state index is 0.115. The van der Waals surface area contributed by atoms with Crippen molar-refractivity contribution in [2.75, 3.05) is 11.4 Å². The quantitative estimate of drug-likeness (QED) is 0.315. The average Bonchev–Trinajstić information content (AvgIpc) is 3.50. The van der Waals surface area contributed by atoms with Gasteiger partial charge in [0.2, 0.25) is 6.10 Å². The Morgan fingerprint density at radius 3 is 2.61 bits per heavy atom. The van der Waals surface area contributed by atoms with Gasteiger partial charge in [0.1, 0.15) is 5.75 Å². The molecule has 0 radical (unpaired) electrons. The molecule has 0 fully saturated rings. The Morgan fingerprint density at radius 1 is 1.03 bits per heavy atom. The van der Waals surface area contributed by atoms with Gasteiger partial charge in [0.15, 0.2) is 9.35 Å². The average molecular weight is 474 g/mol. The van der Waals surface area contributed by atoms with Gasteiger partial charge in [-0.15, -0.1) is 10.2 Å². The molecule has 5 nitrogen and oxygen atoms in total. The van der Waals surface area contributed by atoms with Crippen LogP contribution in [0.15, 0.2) is 83.2 Å². The van der Waals surface area contributed by atoms with Crippen molar-refractivity contribution in [1.82, 2.24) is 10.2 Å². The summed E-state index contributed by atoms with van der Waals surface area (Å²) in [5.74, 6) is 1.32. The van der Waals surface area contributed by atoms with Crippen molar-refractivity contribution in [2.24, 2.45) is 0 Å². The first-order valence-corrected chi connectivity index (χ1v) is 12.6. The predicted octanol–water partition coefficient (Wildman–Crippen LogP) is 5.85. The van der Waals surface area contributed by atoms with Gasteiger partial charge in [-0.1, -0.05) is 89.3 Å². The van der Waals surface area contributed by atoms with E-state index in [-0.39, 0.29) is 5.91 Å². The molecule has 0 N–H and O–H groups in total. The molecule has 1 aliphatic heterocycles. The Kier molecular flexibility index (Phi) is 6.41. The van der Waals surface area contributed by atoms with Gasteiger partial charge in [0, 0.05) is 18.0 Å². The fourth-order valence-electron chi connectivity index (χ4n) is 3.77. The van der Waals surface area contributed by atoms with Gasteiger partial charge in [0.25, 0.3) is 5.91 Å². The third-order valence-corrected chi connectivity index (χ3v) is 7.67. The Balaban J connectivity index is 1.40. The third-order valence-electron chi connectivity index (χ3n) is 5.50. The molecule has 0 saturated carbocycles. The number of hydrogen-bond donors (Lipinski definition) is 0. The van der Waals surface area contributed by atoms with Gasteiger partial charge in [-0.05, 0) is 42.7 Å². The van der Waals surface area contributed by atoms with E-state index in [2.05, 4.69) is 28.4 Å². The molecule has 33 heavy (non-hydrogen) atoms. The summed E-state index contributed by atoms with van der Waals surface area (Å²) in [6.45, 7) is 2.66. The number of carbonyl (C=O) groups is 1. The SMILES string of the molecule is Cc1ccc(OC(C(=O)N2CCc3ccccc32)c2nnc(SCc3ccccc3)s2)cc1. The van der Waals surface area contributed by atoms with Crippen molar-refractivity contribution in [2.45, 2.75) is 29.5 Å². The number of hydrogen-bond acceptors (Lipinski definition) is 6. The number of benzene rings is 3. The molecule has 1 unspecified atom stereocenters. The van der Waals surface area contributed by atoms with Crippen molar-refractivity contribution in [1.29, 1.82) is 0 Å². The van der Waals surface area contributed by atoms with Crippen LogP contribution in [0.3, 0.4) is 0 Å². The summed E-state index contributed by atoms with van der Waals surface area (Å²) in [6.07, 6.45) is -0.00423. The molecular formula is C26H23N3O2S2. The minimum atomic E-state index is -0.845. The smallest absolute Gasteiger partial charge is 0.275 e. The highest BCUT2D eigenvalue weighted by molar-refractivity contribution is 8.00. The Hall–Kier alpha value is -3.16. The van der Waals surface area contributed by atoms with E-state index in [0.29, 0.717) is 17.3 Å². The Labute approximate surface area is 201 Å². The number of aromatic nitrogens is 2. The van der Waals surface area contributed by atoms with Gasteiger partial charge in [-0.25, -0.2) is 0 Å². The van der Waals surface area contributed by atoms with E-state index >= 15 is 0 Å². The molecule has 5 rings (SSSR count). The minimum Gasteiger partial charge on any atom is -0.473 e. The summed E-state index contributed by atoms with van der Waals surface area (Å²) >= 11 is 3.04. The number of amides is 1. The van der Waals surface area contributed by atoms with Crippen molar-refractivity contribution in [3.8, 4) is 5.75 Å². The van der Waals surface area contributed by atoms with Gasteiger partial charge >= 0.3 is 0 Å². The molecule has 4 aromatic rings. The zero-order valence-corrected chi connectivity index (χ0v) is 19.8. The number of para-hydroxylation sites is 1. The fraction of sp³-hybridized carbons (Fsp3) is 0.192. The number of nitrogens with zero attached hydrogens (tertiary/aromatic N) is 3. The number of ether oxygens (including phenoxy) is 1. The number of rotatable bonds is 7. The molecule has 3 aromatic carbocycles. The maximum atomic E-state index is 13.7. The van der Waals surface area contributed by atoms with Crippen LogP contribution in [0.5, 0.6) is 5.75 Å². The van der Waals surface area contributed by atoms with Crippen molar-refractivity contribution in [3.63, 3.8) is 0 Å². The third kappa shape index (κ3) is 4.94. The summed E-state index contributed by atoms with van der Waals surface area (Å²) in [5, 5.41) is 9.28. The number of fused-ring (bicyclic) bond motifs is 1. The van der Waals surface area contributed by atoms with Crippen LogP contribution in [-0.4, -0.2) is 22.6 Å². The maximum Gasteiger partial charge on any atom is 0.275 e. The molecule has 1 amide bonds. The van der Waals surface area contributed by atoms with E-state index in [4.69, 9.17) is 4.74 Å². The van der Waals surface area contributed by atoms with Crippen LogP contribution in [0, 0.1) is 6.92 Å². The van der Waals surface area contributed by atoms with Crippen molar-refractivity contribution < 1.29 is 9.53 Å². The van der Waals surface area contributed by atoms with Crippen LogP contribution in [0.4, 0.5) is 5.69 Å². The Morgan fingerprint density at radius 2 is 1.79 bits per heavy atom. The van der Waals surface area contributed by atoms with E-state index in [0.717, 1.165) is 27.8 Å². The molecule has 0 spiro atoms. The molecule has 2 heterocycles. The first kappa shape index (κ1) is 21.7. The summed E-state index contributed by atoms with van der Waals surface area (Å²) < 4.78 is 7.05. The molecule has 0 saturated heterocycles. The predicted molar refractivity (Wildman–Crippen MR) is 133 cm³/mol. The second kappa shape index (κ2) is 9.77. The van der Waals surface area contributed by atoms with Gasteiger partial charge in [-0.3, -0.25) is 4.79 Å². The summed E-state index contributed by atoms with van der Waals surface area (Å²) in [4.78, 5) is 15.5. The zero-order chi connectivity index (χ0) is 22.6. The van der Waals surface area contributed by atoms with Crippen LogP contribution in [-0.2, 0) is 17.0 Å². The van der Waals surface area contributed by atoms with Gasteiger partial charge < -0.3 is 9.64 Å². The molecular weight excluding hydrogens is 450 g/mol. The number of carbonyl (C=O) groups excluding carboxylic acids is 1. The molecule has 166 valence electrons. The van der Waals surface area contributed by atoms with Crippen LogP contribution >= 0.6 is 23.1 Å². The lowest BCUT2D eigenvalue weighted by atomic mass is 10.2. The normalized spacial score (nSPS) is 13.5. The first-order valence-electron chi connectivity index (χ1n) is 10.8. The number of aryl methyl sites for hydroxylation is 1. The first-order chi connectivity index (χ1) is 16.2. The van der Waals surface area contributed by atoms with Crippen LogP contribution in [0.25, 0.3) is 0 Å². The molecule has 0 bridgehead atoms. The van der Waals surface area contributed by atoms with E-state index < -0.39 is 6.10 Å². The molecule has 1 aromatic heterocycles. The lowest BCUT2D eigenvalue weighted by Crippen LogP contribution is -2.36. The van der Waals surface area contributed by atoms with Gasteiger partial charge in [-0.2, -0.15) is 0 Å². The summed E-state index contributed by atoms with van der Waals surface area (Å²) in [7, 11) is 0. The number of anilines is 1. The van der Waals surface area contributed by atoms with E-state index in [1.165, 1.54) is 22.5 Å². The van der Waals surface area contributed by atoms with Crippen molar-refractivity contribution >= 4 is 34.7 Å². The van der Waals surface area contributed by atoms with E-state index in [9.17, 15) is 4.79 Å². The molecule has 1 aliphatic rings. The van der Waals surface area contributed by atoms with Crippen LogP contribution < -0.4 is 9.64 Å². The maximum absolute atomic E-state index is 13.7. The highest BCUT2D eigenvalue weighted by atomic mass is 32.2. The van der Waals surface area contributed by atoms with E-state index in [1.807, 2.05) is 72.5 Å². The summed E-state index contributed by atoms with van der Waals surface area (Å²) in [6, 6.07) is 26.0. The lowest BCUT2D eigenvalue weighted by molar-refractivity contribution is -0.125. The highest BCUT2D eigenvalue weighted by Crippen LogP contribution is 2.35. The summed E-state index contributed by atoms with van der Waals surface area (Å²) in [5.41, 5.74) is 4.48. The molecule has 0 aliphatic carbocycles. The zero-order valence-electron chi connectivity index (χ0n) is 18.2. The largest absolute Gasteiger partial charge is 0.473 e. The second-order valence-corrected chi connectivity index (χ2v) is 10.1. The standard InChI is InChI=1S/C26H23N3O2S2/c1-18-11-13-21(14-12-18)31-23(25(30)29-16-15-20-9-5-6-10-22(20)29)24-27-28-26(33-24)32-17-19-7-3-2-4-8-19/h2-14,23H,15-17H2,1H3. The van der Waals surface area contributed by atoms with Crippen LogP contribution in [0.1, 0.15) is 27.8 Å². The Bertz CT molecular complexity index is 1240. The molecule has 1 atom stereocenters. The second-order valence-electron chi connectivity index (χ2n) is 7.86. The highest BCUT2D eigenvalue weighted by Gasteiger charge is 2.35.